The average molecular weight is 472 g/mol. The second-order valence-electron chi connectivity index (χ2n) is 8.47. The summed E-state index contributed by atoms with van der Waals surface area (Å²) >= 11 is 0. The molecule has 35 heavy (non-hydrogen) atoms. The van der Waals surface area contributed by atoms with Crippen LogP contribution >= 0.6 is 0 Å². The Hall–Kier alpha value is -4.24. The predicted octanol–water partition coefficient (Wildman–Crippen LogP) is 3.13. The fraction of sp³-hybridized carbons (Fsp3) is 0.231. The first-order valence-electron chi connectivity index (χ1n) is 11.4. The summed E-state index contributed by atoms with van der Waals surface area (Å²) in [6.07, 6.45) is 3.35. The molecule has 178 valence electrons. The summed E-state index contributed by atoms with van der Waals surface area (Å²) in [5.41, 5.74) is 1.97. The third-order valence-corrected chi connectivity index (χ3v) is 6.42. The van der Waals surface area contributed by atoms with Gasteiger partial charge >= 0.3 is 11.9 Å². The minimum Gasteiger partial charge on any atom is -0.480 e. The maximum absolute atomic E-state index is 12.7. The maximum Gasteiger partial charge on any atom is 0.352 e. The molecule has 1 aliphatic heterocycles. The number of anilines is 1. The number of rotatable bonds is 7. The first-order valence-corrected chi connectivity index (χ1v) is 11.4. The number of carbonyl (C=O) groups is 2. The highest BCUT2D eigenvalue weighted by Crippen LogP contribution is 2.36. The predicted molar refractivity (Wildman–Crippen MR) is 131 cm³/mol. The van der Waals surface area contributed by atoms with Crippen molar-refractivity contribution in [3.05, 3.63) is 89.9 Å². The molecule has 9 nitrogen and oxygen atoms in total. The third kappa shape index (κ3) is 4.33. The number of nitrogens with zero attached hydrogens (tertiary/aromatic N) is 5. The van der Waals surface area contributed by atoms with E-state index in [0.717, 1.165) is 5.56 Å². The molecule has 1 aliphatic rings. The highest BCUT2D eigenvalue weighted by molar-refractivity contribution is 6.01. The van der Waals surface area contributed by atoms with E-state index < -0.39 is 18.0 Å². The summed E-state index contributed by atoms with van der Waals surface area (Å²) in [5.74, 6) is -1.61. The number of aromatic nitrogens is 3. The first kappa shape index (κ1) is 22.5. The highest BCUT2D eigenvalue weighted by Gasteiger charge is 2.37. The van der Waals surface area contributed by atoms with E-state index in [2.05, 4.69) is 9.97 Å². The van der Waals surface area contributed by atoms with Crippen molar-refractivity contribution in [3.63, 3.8) is 0 Å². The Balaban J connectivity index is 1.56. The molecule has 1 atom stereocenters. The Morgan fingerprint density at radius 3 is 2.17 bits per heavy atom. The Bertz CT molecular complexity index is 1350. The van der Waals surface area contributed by atoms with Crippen LogP contribution in [-0.4, -0.2) is 67.8 Å². The number of fused-ring (bicyclic) bond motifs is 1. The molecule has 3 heterocycles. The zero-order valence-corrected chi connectivity index (χ0v) is 19.0. The lowest BCUT2D eigenvalue weighted by Gasteiger charge is -2.37. The molecule has 0 amide bonds. The number of carboxylic acid groups (broad SMARTS) is 2. The molecule has 5 rings (SSSR count). The smallest absolute Gasteiger partial charge is 0.352 e. The van der Waals surface area contributed by atoms with Crippen LogP contribution in [0.15, 0.2) is 73.1 Å². The number of piperazine rings is 1. The lowest BCUT2D eigenvalue weighted by molar-refractivity contribution is -0.143. The van der Waals surface area contributed by atoms with Gasteiger partial charge in [0.15, 0.2) is 0 Å². The number of aliphatic carboxylic acids is 1. The Morgan fingerprint density at radius 1 is 0.857 bits per heavy atom. The van der Waals surface area contributed by atoms with Crippen LogP contribution in [0.2, 0.25) is 0 Å². The van der Waals surface area contributed by atoms with Gasteiger partial charge in [0.05, 0.1) is 0 Å². The number of aromatic carboxylic acids is 1. The van der Waals surface area contributed by atoms with Gasteiger partial charge in [-0.3, -0.25) is 9.69 Å². The molecule has 0 unspecified atom stereocenters. The second kappa shape index (κ2) is 9.55. The fourth-order valence-corrected chi connectivity index (χ4v) is 4.86. The molecule has 2 N–H and O–H groups in total. The summed E-state index contributed by atoms with van der Waals surface area (Å²) < 4.78 is 1.71. The van der Waals surface area contributed by atoms with Crippen molar-refractivity contribution in [2.45, 2.75) is 12.6 Å². The SMILES string of the molecule is O=C(O)c1c([C@@H](C(=O)O)N2CCN(c3ncccn3)CC2)c2ccccc2n1Cc1ccccc1. The van der Waals surface area contributed by atoms with Crippen LogP contribution in [0, 0.1) is 0 Å². The van der Waals surface area contributed by atoms with E-state index in [1.807, 2.05) is 64.4 Å². The summed E-state index contributed by atoms with van der Waals surface area (Å²) in [6.45, 7) is 2.28. The minimum atomic E-state index is -1.14. The lowest BCUT2D eigenvalue weighted by Crippen LogP contribution is -2.50. The summed E-state index contributed by atoms with van der Waals surface area (Å²) in [6, 6.07) is 17.5. The zero-order valence-electron chi connectivity index (χ0n) is 19.0. The monoisotopic (exact) mass is 471 g/mol. The van der Waals surface area contributed by atoms with Gasteiger partial charge in [-0.25, -0.2) is 14.8 Å². The van der Waals surface area contributed by atoms with Crippen molar-refractivity contribution < 1.29 is 19.8 Å². The summed E-state index contributed by atoms with van der Waals surface area (Å²) in [4.78, 5) is 37.7. The molecule has 4 aromatic rings. The zero-order chi connectivity index (χ0) is 24.4. The lowest BCUT2D eigenvalue weighted by atomic mass is 10.00. The Labute approximate surface area is 201 Å². The number of carboxylic acids is 2. The standard InChI is InChI=1S/C26H25N5O4/c32-24(33)22(29-13-15-30(16-14-29)26-27-11-6-12-28-26)21-19-9-4-5-10-20(19)31(23(21)25(34)35)17-18-7-2-1-3-8-18/h1-12,22H,13-17H2,(H,32,33)(H,34,35)/t22-/m0/s1. The first-order chi connectivity index (χ1) is 17.0. The van der Waals surface area contributed by atoms with Crippen molar-refractivity contribution in [2.24, 2.45) is 0 Å². The van der Waals surface area contributed by atoms with E-state index >= 15 is 0 Å². The summed E-state index contributed by atoms with van der Waals surface area (Å²) in [5, 5.41) is 21.3. The van der Waals surface area contributed by atoms with Gasteiger partial charge in [0, 0.05) is 61.6 Å². The van der Waals surface area contributed by atoms with Gasteiger partial charge in [-0.15, -0.1) is 0 Å². The molecule has 2 aromatic heterocycles. The minimum absolute atomic E-state index is 0.0104. The van der Waals surface area contributed by atoms with E-state index in [-0.39, 0.29) is 5.69 Å². The quantitative estimate of drug-likeness (QED) is 0.423. The van der Waals surface area contributed by atoms with Crippen molar-refractivity contribution >= 4 is 28.8 Å². The van der Waals surface area contributed by atoms with Crippen LogP contribution in [0.4, 0.5) is 5.95 Å². The van der Waals surface area contributed by atoms with Gasteiger partial charge in [-0.05, 0) is 17.7 Å². The van der Waals surface area contributed by atoms with Crippen molar-refractivity contribution in [3.8, 4) is 0 Å². The average Bonchev–Trinajstić information content (AvgIpc) is 3.19. The molecule has 0 bridgehead atoms. The van der Waals surface area contributed by atoms with Gasteiger partial charge in [0.1, 0.15) is 11.7 Å². The van der Waals surface area contributed by atoms with Crippen LogP contribution in [-0.2, 0) is 11.3 Å². The molecule has 0 radical (unpaired) electrons. The van der Waals surface area contributed by atoms with Gasteiger partial charge in [-0.1, -0.05) is 48.5 Å². The number of para-hydroxylation sites is 1. The Morgan fingerprint density at radius 2 is 1.51 bits per heavy atom. The molecular formula is C26H25N5O4. The molecule has 0 saturated carbocycles. The van der Waals surface area contributed by atoms with Crippen LogP contribution in [0.5, 0.6) is 0 Å². The molecule has 9 heteroatoms. The third-order valence-electron chi connectivity index (χ3n) is 6.42. The van der Waals surface area contributed by atoms with Crippen LogP contribution in [0.1, 0.15) is 27.7 Å². The van der Waals surface area contributed by atoms with Crippen molar-refractivity contribution in [1.29, 1.82) is 0 Å². The molecule has 0 spiro atoms. The van der Waals surface area contributed by atoms with Gasteiger partial charge < -0.3 is 19.7 Å². The Kier molecular flexibility index (Phi) is 6.15. The van der Waals surface area contributed by atoms with Crippen molar-refractivity contribution in [2.75, 3.05) is 31.1 Å². The fourth-order valence-electron chi connectivity index (χ4n) is 4.86. The van der Waals surface area contributed by atoms with E-state index in [9.17, 15) is 19.8 Å². The van der Waals surface area contributed by atoms with E-state index in [0.29, 0.717) is 55.1 Å². The van der Waals surface area contributed by atoms with Crippen LogP contribution in [0.25, 0.3) is 10.9 Å². The van der Waals surface area contributed by atoms with Gasteiger partial charge in [-0.2, -0.15) is 0 Å². The summed E-state index contributed by atoms with van der Waals surface area (Å²) in [7, 11) is 0. The van der Waals surface area contributed by atoms with Crippen molar-refractivity contribution in [1.82, 2.24) is 19.4 Å². The van der Waals surface area contributed by atoms with E-state index in [1.54, 1.807) is 23.0 Å². The molecular weight excluding hydrogens is 446 g/mol. The number of hydrogen-bond acceptors (Lipinski definition) is 6. The molecule has 1 saturated heterocycles. The molecule has 1 fully saturated rings. The topological polar surface area (TPSA) is 112 Å². The van der Waals surface area contributed by atoms with Crippen LogP contribution in [0.3, 0.4) is 0 Å². The largest absolute Gasteiger partial charge is 0.480 e. The molecule has 0 aliphatic carbocycles. The van der Waals surface area contributed by atoms with Crippen LogP contribution < -0.4 is 4.90 Å². The number of benzene rings is 2. The second-order valence-corrected chi connectivity index (χ2v) is 8.47. The van der Waals surface area contributed by atoms with Gasteiger partial charge in [0.25, 0.3) is 0 Å². The van der Waals surface area contributed by atoms with E-state index in [4.69, 9.17) is 0 Å². The molecule has 2 aromatic carbocycles. The normalized spacial score (nSPS) is 15.3. The number of hydrogen-bond donors (Lipinski definition) is 2. The highest BCUT2D eigenvalue weighted by atomic mass is 16.4. The maximum atomic E-state index is 12.7. The van der Waals surface area contributed by atoms with Gasteiger partial charge in [0.2, 0.25) is 5.95 Å². The van der Waals surface area contributed by atoms with E-state index in [1.165, 1.54) is 0 Å².